The van der Waals surface area contributed by atoms with Crippen molar-refractivity contribution in [3.63, 3.8) is 0 Å². The number of fused-ring (bicyclic) bond motifs is 2. The lowest BCUT2D eigenvalue weighted by atomic mass is 9.83. The molecule has 3 heterocycles. The van der Waals surface area contributed by atoms with Gasteiger partial charge in [0.1, 0.15) is 5.82 Å². The Kier molecular flexibility index (Phi) is 5.46. The van der Waals surface area contributed by atoms with Gasteiger partial charge >= 0.3 is 0 Å². The predicted octanol–water partition coefficient (Wildman–Crippen LogP) is 1.70. The monoisotopic (exact) mass is 386 g/mol. The minimum Gasteiger partial charge on any atom is -0.355 e. The quantitative estimate of drug-likeness (QED) is 0.821. The Morgan fingerprint density at radius 3 is 2.96 bits per heavy atom. The molecule has 2 N–H and O–H groups in total. The van der Waals surface area contributed by atoms with Gasteiger partial charge in [-0.3, -0.25) is 14.5 Å². The van der Waals surface area contributed by atoms with E-state index in [0.717, 1.165) is 44.7 Å². The van der Waals surface area contributed by atoms with Gasteiger partial charge in [-0.25, -0.2) is 4.39 Å². The maximum atomic E-state index is 14.1. The number of aromatic amines is 1. The van der Waals surface area contributed by atoms with Crippen molar-refractivity contribution in [2.75, 3.05) is 33.2 Å². The van der Waals surface area contributed by atoms with Crippen LogP contribution in [0.25, 0.3) is 10.9 Å². The number of nitrogens with one attached hydrogen (secondary N) is 2. The molecule has 1 aromatic heterocycles. The lowest BCUT2D eigenvalue weighted by Crippen LogP contribution is -2.56. The summed E-state index contributed by atoms with van der Waals surface area (Å²) < 4.78 is 14.1. The van der Waals surface area contributed by atoms with E-state index in [1.165, 1.54) is 6.07 Å². The Balaban J connectivity index is 1.48. The first kappa shape index (κ1) is 19.1. The highest BCUT2D eigenvalue weighted by molar-refractivity contribution is 5.79. The molecular formula is C21H27FN4O2. The molecule has 0 spiro atoms. The van der Waals surface area contributed by atoms with Crippen molar-refractivity contribution in [3.05, 3.63) is 46.0 Å². The molecule has 4 rings (SSSR count). The molecule has 6 nitrogen and oxygen atoms in total. The Labute approximate surface area is 163 Å². The van der Waals surface area contributed by atoms with E-state index in [4.69, 9.17) is 0 Å². The Morgan fingerprint density at radius 1 is 1.29 bits per heavy atom. The molecule has 0 unspecified atom stereocenters. The van der Waals surface area contributed by atoms with Crippen LogP contribution in [-0.2, 0) is 11.3 Å². The number of benzene rings is 1. The number of hydrogen-bond acceptors (Lipinski definition) is 4. The van der Waals surface area contributed by atoms with Gasteiger partial charge in [0.05, 0.1) is 5.52 Å². The first-order valence-corrected chi connectivity index (χ1v) is 10.0. The van der Waals surface area contributed by atoms with Crippen molar-refractivity contribution in [2.24, 2.45) is 5.92 Å². The number of pyridine rings is 1. The summed E-state index contributed by atoms with van der Waals surface area (Å²) >= 11 is 0. The number of carbonyl (C=O) groups excluding carboxylic acids is 1. The molecule has 0 bridgehead atoms. The van der Waals surface area contributed by atoms with E-state index in [2.05, 4.69) is 20.1 Å². The third-order valence-electron chi connectivity index (χ3n) is 6.09. The maximum Gasteiger partial charge on any atom is 0.222 e. The van der Waals surface area contributed by atoms with E-state index in [1.54, 1.807) is 18.2 Å². The van der Waals surface area contributed by atoms with Crippen LogP contribution < -0.4 is 10.7 Å². The molecule has 2 aromatic rings. The number of para-hydroxylation sites is 1. The molecule has 0 radical (unpaired) electrons. The maximum absolute atomic E-state index is 14.1. The van der Waals surface area contributed by atoms with Crippen molar-refractivity contribution < 1.29 is 9.18 Å². The van der Waals surface area contributed by atoms with Crippen LogP contribution in [0.3, 0.4) is 0 Å². The minimum atomic E-state index is -0.402. The average Bonchev–Trinajstić information content (AvgIpc) is 2.68. The first-order valence-electron chi connectivity index (χ1n) is 10.0. The molecule has 2 aliphatic rings. The smallest absolute Gasteiger partial charge is 0.222 e. The fourth-order valence-corrected chi connectivity index (χ4v) is 4.71. The third-order valence-corrected chi connectivity index (χ3v) is 6.09. The second kappa shape index (κ2) is 8.01. The van der Waals surface area contributed by atoms with Gasteiger partial charge in [-0.05, 0) is 37.9 Å². The summed E-state index contributed by atoms with van der Waals surface area (Å²) in [6.45, 7) is 3.91. The number of aromatic nitrogens is 1. The van der Waals surface area contributed by atoms with Crippen molar-refractivity contribution in [3.8, 4) is 0 Å². The molecule has 2 atom stereocenters. The fraction of sp³-hybridized carbons (Fsp3) is 0.524. The molecule has 28 heavy (non-hydrogen) atoms. The topological polar surface area (TPSA) is 68.4 Å². The zero-order valence-corrected chi connectivity index (χ0v) is 16.2. The summed E-state index contributed by atoms with van der Waals surface area (Å²) in [6, 6.07) is 6.45. The van der Waals surface area contributed by atoms with Crippen LogP contribution in [0.2, 0.25) is 0 Å². The van der Waals surface area contributed by atoms with Gasteiger partial charge in [-0.1, -0.05) is 6.07 Å². The number of amides is 1. The van der Waals surface area contributed by atoms with Crippen molar-refractivity contribution in [2.45, 2.75) is 31.8 Å². The zero-order chi connectivity index (χ0) is 19.7. The highest BCUT2D eigenvalue weighted by Crippen LogP contribution is 2.31. The number of halogens is 1. The third kappa shape index (κ3) is 3.69. The number of hydrogen-bond donors (Lipinski definition) is 2. The van der Waals surface area contributed by atoms with Crippen LogP contribution in [0, 0.1) is 11.7 Å². The van der Waals surface area contributed by atoms with Crippen LogP contribution in [-0.4, -0.2) is 60.0 Å². The molecule has 0 saturated carbocycles. The average molecular weight is 386 g/mol. The summed E-state index contributed by atoms with van der Waals surface area (Å²) in [5.74, 6) is 0.313. The van der Waals surface area contributed by atoms with E-state index < -0.39 is 5.82 Å². The number of nitrogens with zero attached hydrogens (tertiary/aromatic N) is 2. The number of likely N-dealkylation sites (N-methyl/N-ethyl adjacent to an activating group) is 1. The lowest BCUT2D eigenvalue weighted by molar-refractivity contribution is -0.141. The largest absolute Gasteiger partial charge is 0.355 e. The van der Waals surface area contributed by atoms with Crippen LogP contribution in [0.4, 0.5) is 4.39 Å². The van der Waals surface area contributed by atoms with Gasteiger partial charge in [-0.2, -0.15) is 0 Å². The fourth-order valence-electron chi connectivity index (χ4n) is 4.71. The van der Waals surface area contributed by atoms with Gasteiger partial charge < -0.3 is 15.2 Å². The van der Waals surface area contributed by atoms with Crippen LogP contribution in [0.15, 0.2) is 29.1 Å². The molecule has 2 saturated heterocycles. The number of likely N-dealkylation sites (tertiary alicyclic amines) is 2. The zero-order valence-electron chi connectivity index (χ0n) is 16.2. The van der Waals surface area contributed by atoms with Gasteiger partial charge in [-0.15, -0.1) is 0 Å². The summed E-state index contributed by atoms with van der Waals surface area (Å²) in [5, 5.41) is 3.51. The lowest BCUT2D eigenvalue weighted by Gasteiger charge is -2.47. The van der Waals surface area contributed by atoms with Crippen molar-refractivity contribution >= 4 is 16.8 Å². The molecule has 0 aliphatic carbocycles. The molecule has 7 heteroatoms. The molecule has 2 fully saturated rings. The van der Waals surface area contributed by atoms with Crippen LogP contribution in [0.1, 0.15) is 25.0 Å². The van der Waals surface area contributed by atoms with Crippen molar-refractivity contribution in [1.82, 2.24) is 20.1 Å². The van der Waals surface area contributed by atoms with E-state index >= 15 is 0 Å². The SMILES string of the molecule is CNCCN1C(=O)CC[C@H]2CN(Cc3cc(=O)c4cccc(F)c4[nH]3)CC[C@H]21. The minimum absolute atomic E-state index is 0.153. The normalized spacial score (nSPS) is 23.2. The molecule has 150 valence electrons. The Hall–Kier alpha value is -2.25. The second-order valence-electron chi connectivity index (χ2n) is 7.90. The Morgan fingerprint density at radius 2 is 2.14 bits per heavy atom. The van der Waals surface area contributed by atoms with Gasteiger partial charge in [0.25, 0.3) is 0 Å². The molecule has 1 aromatic carbocycles. The summed E-state index contributed by atoms with van der Waals surface area (Å²) in [4.78, 5) is 32.1. The first-order chi connectivity index (χ1) is 13.6. The number of H-pyrrole nitrogens is 1. The van der Waals surface area contributed by atoms with E-state index in [1.807, 2.05) is 7.05 Å². The van der Waals surface area contributed by atoms with Gasteiger partial charge in [0.15, 0.2) is 5.43 Å². The van der Waals surface area contributed by atoms with Gasteiger partial charge in [0.2, 0.25) is 5.91 Å². The van der Waals surface area contributed by atoms with Crippen LogP contribution >= 0.6 is 0 Å². The molecule has 2 aliphatic heterocycles. The van der Waals surface area contributed by atoms with Gasteiger partial charge in [0, 0.05) is 62.3 Å². The van der Waals surface area contributed by atoms with E-state index in [9.17, 15) is 14.0 Å². The number of piperidine rings is 2. The number of rotatable bonds is 5. The highest BCUT2D eigenvalue weighted by Gasteiger charge is 2.38. The summed E-state index contributed by atoms with van der Waals surface area (Å²) in [5.41, 5.74) is 0.862. The summed E-state index contributed by atoms with van der Waals surface area (Å²) in [6.07, 6.45) is 2.46. The molecular weight excluding hydrogens is 359 g/mol. The van der Waals surface area contributed by atoms with E-state index in [0.29, 0.717) is 30.3 Å². The van der Waals surface area contributed by atoms with E-state index in [-0.39, 0.29) is 16.9 Å². The number of carbonyl (C=O) groups is 1. The summed E-state index contributed by atoms with van der Waals surface area (Å²) in [7, 11) is 1.90. The predicted molar refractivity (Wildman–Crippen MR) is 107 cm³/mol. The van der Waals surface area contributed by atoms with Crippen LogP contribution in [0.5, 0.6) is 0 Å². The molecule has 1 amide bonds. The standard InChI is InChI=1S/C21H27FN4O2/c1-23-8-10-26-18-7-9-25(12-14(18)5-6-20(26)28)13-15-11-19(27)16-3-2-4-17(22)21(16)24-15/h2-4,11,14,18,23H,5-10,12-13H2,1H3,(H,24,27)/t14-,18+/m0/s1. The van der Waals surface area contributed by atoms with Crippen molar-refractivity contribution in [1.29, 1.82) is 0 Å². The Bertz CT molecular complexity index is 928. The second-order valence-corrected chi connectivity index (χ2v) is 7.90. The highest BCUT2D eigenvalue weighted by atomic mass is 19.1.